The van der Waals surface area contributed by atoms with Gasteiger partial charge in [0.25, 0.3) is 0 Å². The monoisotopic (exact) mass is 385 g/mol. The van der Waals surface area contributed by atoms with Crippen LogP contribution in [0, 0.1) is 0 Å². The van der Waals surface area contributed by atoms with Gasteiger partial charge in [-0.05, 0) is 32.9 Å². The molecule has 23 heavy (non-hydrogen) atoms. The van der Waals surface area contributed by atoms with Crippen LogP contribution in [0.1, 0.15) is 32.4 Å². The third kappa shape index (κ3) is 6.54. The van der Waals surface area contributed by atoms with E-state index < -0.39 is 22.5 Å². The first-order valence-corrected chi connectivity index (χ1v) is 9.09. The number of ether oxygens (including phenoxy) is 2. The van der Waals surface area contributed by atoms with Gasteiger partial charge in [-0.2, -0.15) is 13.1 Å². The number of methoxy groups -OCH3 is 1. The Morgan fingerprint density at radius 2 is 1.74 bits per heavy atom. The summed E-state index contributed by atoms with van der Waals surface area (Å²) in [5.41, 5.74) is 0.445. The fourth-order valence-corrected chi connectivity index (χ4v) is 3.69. The highest BCUT2D eigenvalue weighted by Crippen LogP contribution is 2.35. The molecule has 1 aromatic carbocycles. The molecule has 1 N–H and O–H groups in total. The molecule has 6 nitrogen and oxygen atoms in total. The average molecular weight is 386 g/mol. The van der Waals surface area contributed by atoms with E-state index in [-0.39, 0.29) is 12.8 Å². The second-order valence-corrected chi connectivity index (χ2v) is 7.31. The zero-order chi connectivity index (χ0) is 17.6. The number of hydrogen-bond donors (Lipinski definition) is 1. The molecule has 0 aliphatic heterocycles. The predicted octanol–water partition coefficient (Wildman–Crippen LogP) is 3.30. The zero-order valence-corrected chi connectivity index (χ0v) is 15.7. The number of rotatable bonds is 9. The van der Waals surface area contributed by atoms with Crippen LogP contribution < -0.4 is 4.72 Å². The minimum absolute atomic E-state index is 0.0718. The Labute approximate surface area is 147 Å². The number of halogens is 2. The van der Waals surface area contributed by atoms with Gasteiger partial charge in [0.2, 0.25) is 0 Å². The first kappa shape index (κ1) is 20.6. The van der Waals surface area contributed by atoms with Gasteiger partial charge in [-0.3, -0.25) is 4.18 Å². The van der Waals surface area contributed by atoms with Gasteiger partial charge in [0.1, 0.15) is 19.0 Å². The van der Waals surface area contributed by atoms with Gasteiger partial charge >= 0.3 is 10.3 Å². The van der Waals surface area contributed by atoms with E-state index in [1.165, 1.54) is 7.11 Å². The van der Waals surface area contributed by atoms with E-state index in [2.05, 4.69) is 4.72 Å². The van der Waals surface area contributed by atoms with E-state index in [1.807, 2.05) is 0 Å². The Morgan fingerprint density at radius 3 is 2.22 bits per heavy atom. The van der Waals surface area contributed by atoms with Crippen LogP contribution in [0.25, 0.3) is 0 Å². The molecule has 132 valence electrons. The van der Waals surface area contributed by atoms with Gasteiger partial charge in [-0.25, -0.2) is 0 Å². The number of benzene rings is 1. The van der Waals surface area contributed by atoms with Gasteiger partial charge in [-0.1, -0.05) is 29.3 Å². The predicted molar refractivity (Wildman–Crippen MR) is 89.9 cm³/mol. The van der Waals surface area contributed by atoms with Crippen LogP contribution in [-0.2, 0) is 24.0 Å². The molecule has 0 aliphatic rings. The Kier molecular flexibility index (Phi) is 8.23. The molecule has 0 saturated carbocycles. The standard InChI is InChI=1S/C14H21Cl2NO5S/c1-9(2)17-23(18,19)22-10(3)14(21-8-20-4)13-11(15)6-5-7-12(13)16/h5-7,9-10,14,17H,8H2,1-4H3/t10-,14+/m0/s1. The summed E-state index contributed by atoms with van der Waals surface area (Å²) in [5, 5.41) is 0.700. The molecule has 0 heterocycles. The van der Waals surface area contributed by atoms with E-state index >= 15 is 0 Å². The molecule has 2 atom stereocenters. The summed E-state index contributed by atoms with van der Waals surface area (Å²) < 4.78 is 41.8. The maximum Gasteiger partial charge on any atom is 0.336 e. The second-order valence-electron chi connectivity index (χ2n) is 5.16. The van der Waals surface area contributed by atoms with Crippen LogP contribution in [0.15, 0.2) is 18.2 Å². The van der Waals surface area contributed by atoms with Gasteiger partial charge in [-0.15, -0.1) is 0 Å². The topological polar surface area (TPSA) is 73.9 Å². The van der Waals surface area contributed by atoms with E-state index in [1.54, 1.807) is 39.0 Å². The van der Waals surface area contributed by atoms with Crippen LogP contribution in [0.5, 0.6) is 0 Å². The summed E-state index contributed by atoms with van der Waals surface area (Å²) in [6.07, 6.45) is -1.70. The van der Waals surface area contributed by atoms with Gasteiger partial charge < -0.3 is 9.47 Å². The molecule has 0 bridgehead atoms. The third-order valence-corrected chi connectivity index (χ3v) is 4.71. The first-order valence-electron chi connectivity index (χ1n) is 6.93. The summed E-state index contributed by atoms with van der Waals surface area (Å²) in [5.74, 6) is 0. The lowest BCUT2D eigenvalue weighted by Crippen LogP contribution is -2.36. The van der Waals surface area contributed by atoms with E-state index in [4.69, 9.17) is 36.9 Å². The highest BCUT2D eigenvalue weighted by molar-refractivity contribution is 7.84. The van der Waals surface area contributed by atoms with Crippen molar-refractivity contribution in [1.82, 2.24) is 4.72 Å². The molecule has 0 radical (unpaired) electrons. The summed E-state index contributed by atoms with van der Waals surface area (Å²) in [4.78, 5) is 0. The molecule has 1 rings (SSSR count). The van der Waals surface area contributed by atoms with Crippen molar-refractivity contribution in [2.45, 2.75) is 39.0 Å². The summed E-state index contributed by atoms with van der Waals surface area (Å²) in [7, 11) is -2.49. The van der Waals surface area contributed by atoms with E-state index in [0.717, 1.165) is 0 Å². The molecule has 0 aromatic heterocycles. The van der Waals surface area contributed by atoms with Crippen LogP contribution >= 0.6 is 23.2 Å². The second kappa shape index (κ2) is 9.17. The molecule has 1 aromatic rings. The Bertz CT molecular complexity index is 589. The molecule has 0 unspecified atom stereocenters. The Morgan fingerprint density at radius 1 is 1.17 bits per heavy atom. The first-order chi connectivity index (χ1) is 10.7. The fourth-order valence-electron chi connectivity index (χ4n) is 1.94. The lowest BCUT2D eigenvalue weighted by Gasteiger charge is -2.26. The smallest absolute Gasteiger partial charge is 0.336 e. The highest BCUT2D eigenvalue weighted by atomic mass is 35.5. The van der Waals surface area contributed by atoms with Crippen LogP contribution in [0.3, 0.4) is 0 Å². The number of nitrogens with one attached hydrogen (secondary N) is 1. The van der Waals surface area contributed by atoms with Crippen LogP contribution in [-0.4, -0.2) is 34.5 Å². The minimum atomic E-state index is -3.94. The van der Waals surface area contributed by atoms with Gasteiger partial charge in [0.15, 0.2) is 0 Å². The normalized spacial score (nSPS) is 14.9. The van der Waals surface area contributed by atoms with Crippen molar-refractivity contribution in [2.75, 3.05) is 13.9 Å². The van der Waals surface area contributed by atoms with Crippen molar-refractivity contribution in [1.29, 1.82) is 0 Å². The third-order valence-electron chi connectivity index (χ3n) is 2.73. The highest BCUT2D eigenvalue weighted by Gasteiger charge is 2.29. The van der Waals surface area contributed by atoms with Crippen LogP contribution in [0.2, 0.25) is 10.0 Å². The molecular weight excluding hydrogens is 365 g/mol. The summed E-state index contributed by atoms with van der Waals surface area (Å²) in [6.45, 7) is 4.86. The maximum absolute atomic E-state index is 11.9. The fraction of sp³-hybridized carbons (Fsp3) is 0.571. The Balaban J connectivity index is 3.07. The largest absolute Gasteiger partial charge is 0.359 e. The van der Waals surface area contributed by atoms with Crippen molar-refractivity contribution in [3.63, 3.8) is 0 Å². The van der Waals surface area contributed by atoms with Gasteiger partial charge in [0.05, 0.1) is 0 Å². The molecule has 0 amide bonds. The van der Waals surface area contributed by atoms with Crippen molar-refractivity contribution < 1.29 is 22.1 Å². The zero-order valence-electron chi connectivity index (χ0n) is 13.4. The van der Waals surface area contributed by atoms with E-state index in [9.17, 15) is 8.42 Å². The molecule has 0 saturated heterocycles. The van der Waals surface area contributed by atoms with Gasteiger partial charge in [0, 0.05) is 28.8 Å². The van der Waals surface area contributed by atoms with Crippen LogP contribution in [0.4, 0.5) is 0 Å². The molecule has 9 heteroatoms. The quantitative estimate of drug-likeness (QED) is 0.660. The van der Waals surface area contributed by atoms with Crippen molar-refractivity contribution in [3.8, 4) is 0 Å². The van der Waals surface area contributed by atoms with E-state index in [0.29, 0.717) is 15.6 Å². The Hall–Kier alpha value is -0.410. The lowest BCUT2D eigenvalue weighted by molar-refractivity contribution is -0.104. The van der Waals surface area contributed by atoms with Crippen molar-refractivity contribution >= 4 is 33.5 Å². The van der Waals surface area contributed by atoms with Crippen molar-refractivity contribution in [3.05, 3.63) is 33.8 Å². The molecule has 0 spiro atoms. The molecule has 0 fully saturated rings. The SMILES string of the molecule is COCO[C@@H](c1c(Cl)cccc1Cl)[C@H](C)OS(=O)(=O)NC(C)C. The lowest BCUT2D eigenvalue weighted by atomic mass is 10.1. The van der Waals surface area contributed by atoms with Crippen molar-refractivity contribution in [2.24, 2.45) is 0 Å². The molecule has 0 aliphatic carbocycles. The summed E-state index contributed by atoms with van der Waals surface area (Å²) in [6, 6.07) is 4.66. The molecular formula is C14H21Cl2NO5S. The number of hydrogen-bond acceptors (Lipinski definition) is 5. The summed E-state index contributed by atoms with van der Waals surface area (Å²) >= 11 is 12.4. The maximum atomic E-state index is 11.9. The average Bonchev–Trinajstić information content (AvgIpc) is 2.39. The minimum Gasteiger partial charge on any atom is -0.359 e.